The summed E-state index contributed by atoms with van der Waals surface area (Å²) in [5.41, 5.74) is 3.49. The molecule has 1 amide bonds. The fraction of sp³-hybridized carbons (Fsp3) is 0.318. The predicted octanol–water partition coefficient (Wildman–Crippen LogP) is 2.77. The van der Waals surface area contributed by atoms with Gasteiger partial charge in [0.2, 0.25) is 5.91 Å². The van der Waals surface area contributed by atoms with Crippen molar-refractivity contribution in [3.05, 3.63) is 59.7 Å². The third kappa shape index (κ3) is 4.16. The van der Waals surface area contributed by atoms with E-state index in [1.165, 1.54) is 0 Å². The van der Waals surface area contributed by atoms with Crippen LogP contribution in [0, 0.1) is 28.6 Å². The second-order valence-electron chi connectivity index (χ2n) is 7.44. The van der Waals surface area contributed by atoms with E-state index in [9.17, 15) is 10.1 Å². The first-order valence-corrected chi connectivity index (χ1v) is 8.97. The molecule has 0 bridgehead atoms. The molecule has 1 aliphatic heterocycles. The maximum Gasteiger partial charge on any atom is 0.227 e. The Morgan fingerprint density at radius 3 is 2.19 bits per heavy atom. The van der Waals surface area contributed by atoms with Crippen LogP contribution in [0.1, 0.15) is 25.0 Å². The summed E-state index contributed by atoms with van der Waals surface area (Å²) in [6.45, 7) is 4.63. The highest BCUT2D eigenvalue weighted by Crippen LogP contribution is 2.25. The topological polar surface area (TPSA) is 88.7 Å². The van der Waals surface area contributed by atoms with E-state index in [1.807, 2.05) is 50.2 Å². The van der Waals surface area contributed by atoms with Gasteiger partial charge in [-0.2, -0.15) is 10.5 Å². The van der Waals surface area contributed by atoms with Gasteiger partial charge in [0, 0.05) is 18.5 Å². The van der Waals surface area contributed by atoms with E-state index in [0.717, 1.165) is 16.7 Å². The molecule has 2 unspecified atom stereocenters. The van der Waals surface area contributed by atoms with Crippen LogP contribution in [0.3, 0.4) is 0 Å². The number of hydrogen-bond acceptors (Lipinski definition) is 4. The van der Waals surface area contributed by atoms with E-state index in [4.69, 9.17) is 5.26 Å². The highest BCUT2D eigenvalue weighted by molar-refractivity contribution is 5.82. The fourth-order valence-electron chi connectivity index (χ4n) is 3.24. The second-order valence-corrected chi connectivity index (χ2v) is 7.44. The quantitative estimate of drug-likeness (QED) is 0.860. The first-order chi connectivity index (χ1) is 12.9. The van der Waals surface area contributed by atoms with Gasteiger partial charge in [-0.1, -0.05) is 36.4 Å². The summed E-state index contributed by atoms with van der Waals surface area (Å²) >= 11 is 0. The number of hydrogen-bond donors (Lipinski definition) is 2. The maximum atomic E-state index is 12.4. The standard InChI is InChI=1S/C22H22N4O/c1-22(2)20(14-25-22)21(27)26-19(13-24)11-15-3-7-17(8-4-15)18-9-5-16(12-23)6-10-18/h3-10,19-20,25H,11,14H2,1-2H3,(H,26,27). The highest BCUT2D eigenvalue weighted by atomic mass is 16.2. The van der Waals surface area contributed by atoms with Crippen LogP contribution >= 0.6 is 0 Å². The number of benzene rings is 2. The summed E-state index contributed by atoms with van der Waals surface area (Å²) in [6, 6.07) is 19.1. The SMILES string of the molecule is CC1(C)NCC1C(=O)NC(C#N)Cc1ccc(-c2ccc(C#N)cc2)cc1. The van der Waals surface area contributed by atoms with Crippen LogP contribution < -0.4 is 10.6 Å². The summed E-state index contributed by atoms with van der Waals surface area (Å²) in [4.78, 5) is 12.4. The minimum Gasteiger partial charge on any atom is -0.340 e. The number of carbonyl (C=O) groups excluding carboxylic acids is 1. The van der Waals surface area contributed by atoms with Crippen LogP contribution in [-0.4, -0.2) is 24.0 Å². The van der Waals surface area contributed by atoms with Crippen LogP contribution in [0.25, 0.3) is 11.1 Å². The lowest BCUT2D eigenvalue weighted by Gasteiger charge is -2.44. The molecule has 2 N–H and O–H groups in total. The van der Waals surface area contributed by atoms with Crippen LogP contribution in [0.4, 0.5) is 0 Å². The summed E-state index contributed by atoms with van der Waals surface area (Å²) in [6.07, 6.45) is 0.469. The Labute approximate surface area is 159 Å². The molecule has 1 heterocycles. The minimum absolute atomic E-state index is 0.0699. The molecular weight excluding hydrogens is 336 g/mol. The van der Waals surface area contributed by atoms with E-state index in [0.29, 0.717) is 18.5 Å². The van der Waals surface area contributed by atoms with E-state index < -0.39 is 6.04 Å². The average Bonchev–Trinajstić information content (AvgIpc) is 2.67. The molecule has 1 saturated heterocycles. The van der Waals surface area contributed by atoms with Gasteiger partial charge in [-0.05, 0) is 42.7 Å². The predicted molar refractivity (Wildman–Crippen MR) is 103 cm³/mol. The van der Waals surface area contributed by atoms with Crippen molar-refractivity contribution in [2.45, 2.75) is 31.8 Å². The molecule has 5 heteroatoms. The molecule has 3 rings (SSSR count). The molecule has 5 nitrogen and oxygen atoms in total. The van der Waals surface area contributed by atoms with Crippen molar-refractivity contribution in [2.75, 3.05) is 6.54 Å². The van der Waals surface area contributed by atoms with E-state index in [2.05, 4.69) is 22.8 Å². The molecule has 0 radical (unpaired) electrons. The van der Waals surface area contributed by atoms with Crippen LogP contribution in [-0.2, 0) is 11.2 Å². The lowest BCUT2D eigenvalue weighted by atomic mass is 9.79. The Morgan fingerprint density at radius 1 is 1.15 bits per heavy atom. The third-order valence-corrected chi connectivity index (χ3v) is 5.16. The summed E-state index contributed by atoms with van der Waals surface area (Å²) in [5.74, 6) is -0.174. The normalized spacial score (nSPS) is 18.4. The Balaban J connectivity index is 1.63. The first-order valence-electron chi connectivity index (χ1n) is 8.97. The number of rotatable bonds is 5. The summed E-state index contributed by atoms with van der Waals surface area (Å²) in [7, 11) is 0. The Bertz CT molecular complexity index is 901. The largest absolute Gasteiger partial charge is 0.340 e. The van der Waals surface area contributed by atoms with Crippen molar-refractivity contribution in [3.63, 3.8) is 0 Å². The smallest absolute Gasteiger partial charge is 0.227 e. The summed E-state index contributed by atoms with van der Waals surface area (Å²) in [5, 5.41) is 24.4. The molecule has 0 saturated carbocycles. The zero-order valence-electron chi connectivity index (χ0n) is 15.5. The van der Waals surface area contributed by atoms with Crippen molar-refractivity contribution in [3.8, 4) is 23.3 Å². The lowest BCUT2D eigenvalue weighted by molar-refractivity contribution is -0.131. The molecule has 1 fully saturated rings. The zero-order valence-corrected chi connectivity index (χ0v) is 15.5. The number of nitrogens with one attached hydrogen (secondary N) is 2. The highest BCUT2D eigenvalue weighted by Gasteiger charge is 2.43. The van der Waals surface area contributed by atoms with Crippen LogP contribution in [0.5, 0.6) is 0 Å². The molecular formula is C22H22N4O. The van der Waals surface area contributed by atoms with Crippen LogP contribution in [0.2, 0.25) is 0 Å². The molecule has 0 spiro atoms. The fourth-order valence-corrected chi connectivity index (χ4v) is 3.24. The number of nitrogens with zero attached hydrogens (tertiary/aromatic N) is 2. The van der Waals surface area contributed by atoms with Gasteiger partial charge in [0.1, 0.15) is 6.04 Å². The Kier molecular flexibility index (Phi) is 5.26. The molecule has 0 aromatic heterocycles. The van der Waals surface area contributed by atoms with Crippen molar-refractivity contribution in [1.29, 1.82) is 10.5 Å². The molecule has 136 valence electrons. The molecule has 1 aliphatic rings. The zero-order chi connectivity index (χ0) is 19.4. The first kappa shape index (κ1) is 18.6. The minimum atomic E-state index is -0.547. The maximum absolute atomic E-state index is 12.4. The Hall–Kier alpha value is -3.15. The van der Waals surface area contributed by atoms with E-state index in [-0.39, 0.29) is 17.4 Å². The van der Waals surface area contributed by atoms with Gasteiger partial charge in [-0.3, -0.25) is 4.79 Å². The monoisotopic (exact) mass is 358 g/mol. The second kappa shape index (κ2) is 7.61. The van der Waals surface area contributed by atoms with Crippen LogP contribution in [0.15, 0.2) is 48.5 Å². The number of nitriles is 2. The lowest BCUT2D eigenvalue weighted by Crippen LogP contribution is -2.66. The molecule has 27 heavy (non-hydrogen) atoms. The van der Waals surface area contributed by atoms with Gasteiger partial charge in [0.15, 0.2) is 0 Å². The van der Waals surface area contributed by atoms with Crippen molar-refractivity contribution in [1.82, 2.24) is 10.6 Å². The summed E-state index contributed by atoms with van der Waals surface area (Å²) < 4.78 is 0. The number of amides is 1. The number of carbonyl (C=O) groups is 1. The van der Waals surface area contributed by atoms with Gasteiger partial charge >= 0.3 is 0 Å². The van der Waals surface area contributed by atoms with Crippen molar-refractivity contribution < 1.29 is 4.79 Å². The molecule has 2 aromatic rings. The third-order valence-electron chi connectivity index (χ3n) is 5.16. The van der Waals surface area contributed by atoms with Gasteiger partial charge < -0.3 is 10.6 Å². The van der Waals surface area contributed by atoms with E-state index in [1.54, 1.807) is 12.1 Å². The van der Waals surface area contributed by atoms with Crippen molar-refractivity contribution in [2.24, 2.45) is 5.92 Å². The van der Waals surface area contributed by atoms with Gasteiger partial charge in [-0.15, -0.1) is 0 Å². The Morgan fingerprint density at radius 2 is 1.74 bits per heavy atom. The molecule has 2 aromatic carbocycles. The average molecular weight is 358 g/mol. The van der Waals surface area contributed by atoms with Crippen molar-refractivity contribution >= 4 is 5.91 Å². The van der Waals surface area contributed by atoms with Gasteiger partial charge in [0.25, 0.3) is 0 Å². The molecule has 2 atom stereocenters. The molecule has 0 aliphatic carbocycles. The van der Waals surface area contributed by atoms with Gasteiger partial charge in [0.05, 0.1) is 23.6 Å². The van der Waals surface area contributed by atoms with E-state index >= 15 is 0 Å². The van der Waals surface area contributed by atoms with Gasteiger partial charge in [-0.25, -0.2) is 0 Å².